The van der Waals surface area contributed by atoms with Crippen LogP contribution in [-0.4, -0.2) is 68.5 Å². The molecule has 2 aromatic rings. The van der Waals surface area contributed by atoms with Crippen LogP contribution in [-0.2, 0) is 25.6 Å². The zero-order valence-electron chi connectivity index (χ0n) is 25.4. The van der Waals surface area contributed by atoms with Crippen molar-refractivity contribution in [3.05, 3.63) is 71.3 Å². The quantitative estimate of drug-likeness (QED) is 0.351. The molecule has 0 saturated carbocycles. The lowest BCUT2D eigenvalue weighted by atomic mass is 9.94. The van der Waals surface area contributed by atoms with Crippen LogP contribution in [0.25, 0.3) is 6.08 Å². The monoisotopic (exact) mass is 622 g/mol. The van der Waals surface area contributed by atoms with Gasteiger partial charge in [-0.3, -0.25) is 24.2 Å². The molecule has 5 rings (SSSR count). The Labute approximate surface area is 262 Å². The molecule has 0 radical (unpaired) electrons. The number of hydrazine groups is 1. The number of amides is 3. The number of carbonyl (C=O) groups is 4. The predicted molar refractivity (Wildman–Crippen MR) is 170 cm³/mol. The summed E-state index contributed by atoms with van der Waals surface area (Å²) in [5.41, 5.74) is 5.21. The van der Waals surface area contributed by atoms with Gasteiger partial charge in [-0.25, -0.2) is 5.43 Å². The molecule has 3 heterocycles. The third-order valence-electron chi connectivity index (χ3n) is 7.95. The van der Waals surface area contributed by atoms with Crippen molar-refractivity contribution in [3.8, 4) is 5.75 Å². The average molecular weight is 623 g/mol. The van der Waals surface area contributed by atoms with Gasteiger partial charge in [-0.2, -0.15) is 0 Å². The van der Waals surface area contributed by atoms with Crippen molar-refractivity contribution >= 4 is 40.7 Å². The molecule has 4 bridgehead atoms. The lowest BCUT2D eigenvalue weighted by molar-refractivity contribution is -0.143. The number of aliphatic hydroxyl groups excluding tert-OH is 1. The van der Waals surface area contributed by atoms with Gasteiger partial charge in [0.2, 0.25) is 16.9 Å². The number of benzene rings is 2. The van der Waals surface area contributed by atoms with E-state index >= 15 is 0 Å². The fourth-order valence-electron chi connectivity index (χ4n) is 5.29. The highest BCUT2D eigenvalue weighted by atomic mass is 32.2. The topological polar surface area (TPSA) is 148 Å². The molecule has 5 unspecified atom stereocenters. The largest absolute Gasteiger partial charge is 0.508 e. The Morgan fingerprint density at radius 2 is 1.77 bits per heavy atom. The summed E-state index contributed by atoms with van der Waals surface area (Å²) in [5, 5.41) is 28.0. The zero-order chi connectivity index (χ0) is 31.8. The molecule has 0 aliphatic carbocycles. The highest BCUT2D eigenvalue weighted by molar-refractivity contribution is 8.13. The second-order valence-electron chi connectivity index (χ2n) is 11.7. The maximum Gasteiger partial charge on any atom is 0.259 e. The third-order valence-corrected chi connectivity index (χ3v) is 8.96. The molecule has 44 heavy (non-hydrogen) atoms. The van der Waals surface area contributed by atoms with E-state index in [1.807, 2.05) is 24.3 Å². The fraction of sp³-hybridized carbons (Fsp3) is 0.455. The summed E-state index contributed by atoms with van der Waals surface area (Å²) in [7, 11) is 0. The van der Waals surface area contributed by atoms with E-state index in [-0.39, 0.29) is 23.2 Å². The summed E-state index contributed by atoms with van der Waals surface area (Å²) in [6.45, 7) is 5.54. The van der Waals surface area contributed by atoms with Crippen LogP contribution < -0.4 is 16.1 Å². The Kier molecular flexibility index (Phi) is 11.6. The van der Waals surface area contributed by atoms with Gasteiger partial charge >= 0.3 is 0 Å². The molecule has 236 valence electrons. The van der Waals surface area contributed by atoms with Gasteiger partial charge in [-0.1, -0.05) is 81.1 Å². The Balaban J connectivity index is 1.64. The molecule has 5 N–H and O–H groups in total. The number of rotatable bonds is 3. The molecule has 11 heteroatoms. The van der Waals surface area contributed by atoms with E-state index in [1.165, 1.54) is 28.9 Å². The normalized spacial score (nSPS) is 26.1. The van der Waals surface area contributed by atoms with Crippen molar-refractivity contribution < 1.29 is 29.4 Å². The van der Waals surface area contributed by atoms with Gasteiger partial charge in [0.05, 0.1) is 18.1 Å². The number of fused-ring (bicyclic) bond motifs is 14. The van der Waals surface area contributed by atoms with Crippen molar-refractivity contribution in [1.29, 1.82) is 0 Å². The number of allylic oxidation sites excluding steroid dienone is 1. The molecule has 2 aromatic carbocycles. The summed E-state index contributed by atoms with van der Waals surface area (Å²) in [4.78, 5) is 53.9. The third kappa shape index (κ3) is 8.71. The Morgan fingerprint density at radius 3 is 2.48 bits per heavy atom. The van der Waals surface area contributed by atoms with Crippen LogP contribution >= 0.6 is 11.8 Å². The molecule has 3 amide bonds. The Hall–Kier alpha value is -3.67. The van der Waals surface area contributed by atoms with Gasteiger partial charge in [0.25, 0.3) is 5.91 Å². The Bertz CT molecular complexity index is 1360. The van der Waals surface area contributed by atoms with E-state index in [0.717, 1.165) is 5.56 Å². The van der Waals surface area contributed by atoms with E-state index in [9.17, 15) is 29.4 Å². The van der Waals surface area contributed by atoms with Crippen molar-refractivity contribution in [2.24, 2.45) is 11.8 Å². The van der Waals surface area contributed by atoms with Crippen LogP contribution in [0.3, 0.4) is 0 Å². The minimum Gasteiger partial charge on any atom is -0.508 e. The molecule has 0 aromatic heterocycles. The van der Waals surface area contributed by atoms with Gasteiger partial charge in [-0.15, -0.1) is 0 Å². The highest BCUT2D eigenvalue weighted by Gasteiger charge is 2.35. The number of thioether (sulfide) groups is 1. The predicted octanol–water partition coefficient (Wildman–Crippen LogP) is 3.10. The Morgan fingerprint density at radius 1 is 1.02 bits per heavy atom. The number of hydrogen-bond acceptors (Lipinski definition) is 8. The molecule has 1 fully saturated rings. The van der Waals surface area contributed by atoms with Crippen LogP contribution in [0.2, 0.25) is 0 Å². The van der Waals surface area contributed by atoms with Crippen molar-refractivity contribution in [3.63, 3.8) is 0 Å². The van der Waals surface area contributed by atoms with E-state index in [1.54, 1.807) is 45.0 Å². The van der Waals surface area contributed by atoms with Crippen molar-refractivity contribution in [2.75, 3.05) is 12.3 Å². The number of carbonyl (C=O) groups excluding carboxylic acids is 4. The molecule has 1 saturated heterocycles. The highest BCUT2D eigenvalue weighted by Crippen LogP contribution is 2.24. The lowest BCUT2D eigenvalue weighted by Crippen LogP contribution is -2.61. The van der Waals surface area contributed by atoms with Crippen LogP contribution in [0, 0.1) is 11.8 Å². The molecular weight excluding hydrogens is 580 g/mol. The fourth-order valence-corrected chi connectivity index (χ4v) is 6.11. The first-order chi connectivity index (χ1) is 21.0. The molecule has 3 aliphatic rings. The zero-order valence-corrected chi connectivity index (χ0v) is 26.2. The minimum atomic E-state index is -1.10. The molecular formula is C33H42N4O6S. The first kappa shape index (κ1) is 33.2. The smallest absolute Gasteiger partial charge is 0.259 e. The number of phenols is 1. The van der Waals surface area contributed by atoms with Gasteiger partial charge in [0, 0.05) is 18.7 Å². The summed E-state index contributed by atoms with van der Waals surface area (Å²) < 4.78 is 0. The number of nitrogens with one attached hydrogen (secondary N) is 3. The van der Waals surface area contributed by atoms with Crippen molar-refractivity contribution in [1.82, 2.24) is 21.1 Å². The van der Waals surface area contributed by atoms with E-state index in [0.29, 0.717) is 42.7 Å². The summed E-state index contributed by atoms with van der Waals surface area (Å²) in [6, 6.07) is 11.1. The van der Waals surface area contributed by atoms with E-state index < -0.39 is 47.9 Å². The molecule has 5 atom stereocenters. The van der Waals surface area contributed by atoms with Gasteiger partial charge < -0.3 is 20.8 Å². The summed E-state index contributed by atoms with van der Waals surface area (Å²) >= 11 is 1.22. The van der Waals surface area contributed by atoms with Gasteiger partial charge in [-0.05, 0) is 54.0 Å². The molecule has 0 spiro atoms. The van der Waals surface area contributed by atoms with Crippen LogP contribution in [0.15, 0.2) is 54.6 Å². The van der Waals surface area contributed by atoms with Gasteiger partial charge in [0.1, 0.15) is 17.8 Å². The second kappa shape index (κ2) is 15.4. The molecule has 10 nitrogen and oxygen atoms in total. The van der Waals surface area contributed by atoms with Crippen LogP contribution in [0.1, 0.15) is 62.8 Å². The maximum absolute atomic E-state index is 13.9. The van der Waals surface area contributed by atoms with Crippen LogP contribution in [0.5, 0.6) is 5.75 Å². The number of aliphatic hydroxyl groups is 1. The second-order valence-corrected chi connectivity index (χ2v) is 12.8. The van der Waals surface area contributed by atoms with Gasteiger partial charge in [0.15, 0.2) is 0 Å². The standard InChI is InChI=1S/C33H42N4O6S/c1-20(2)28-31(41)34-27(19-23-9-6-10-25(38)18-23)32(42)37-16-7-11-26(36-37)33(43)44-17-5-4-8-22-12-14-24(15-13-22)29(39)21(3)30(40)35-28/h4,6,8-10,12-15,18,20-21,26-29,36,38-39H,5,7,11,16-17,19H2,1-3H3,(H,34,41)(H,35,40). The van der Waals surface area contributed by atoms with Crippen molar-refractivity contribution in [2.45, 2.75) is 70.7 Å². The average Bonchev–Trinajstić information content (AvgIpc) is 3.01. The van der Waals surface area contributed by atoms with Crippen LogP contribution in [0.4, 0.5) is 0 Å². The number of nitrogens with zero attached hydrogens (tertiary/aromatic N) is 1. The SMILES string of the molecule is CC(C)C1NC(=O)C(C)C(O)c2ccc(cc2)C=CCCSC(=O)C2CCCN(N2)C(=O)C(Cc2cccc(O)c2)NC1=O. The first-order valence-electron chi connectivity index (χ1n) is 15.1. The minimum absolute atomic E-state index is 0.0304. The summed E-state index contributed by atoms with van der Waals surface area (Å²) in [5.74, 6) is -2.03. The lowest BCUT2D eigenvalue weighted by Gasteiger charge is -2.36. The van der Waals surface area contributed by atoms with E-state index in [2.05, 4.69) is 16.1 Å². The number of aromatic hydroxyl groups is 1. The summed E-state index contributed by atoms with van der Waals surface area (Å²) in [6.07, 6.45) is 4.79. The maximum atomic E-state index is 13.9. The number of phenolic OH excluding ortho intramolecular Hbond substituents is 1. The van der Waals surface area contributed by atoms with E-state index in [4.69, 9.17) is 0 Å². The molecule has 3 aliphatic heterocycles. The first-order valence-corrected chi connectivity index (χ1v) is 16.1. The number of hydrogen-bond donors (Lipinski definition) is 5.